The van der Waals surface area contributed by atoms with Crippen LogP contribution in [0.25, 0.3) is 32.9 Å². The van der Waals surface area contributed by atoms with Crippen LogP contribution in [0.2, 0.25) is 0 Å². The van der Waals surface area contributed by atoms with Crippen molar-refractivity contribution in [1.29, 1.82) is 0 Å². The van der Waals surface area contributed by atoms with Gasteiger partial charge in [0.1, 0.15) is 47.2 Å². The number of ether oxygens (including phenoxy) is 2. The van der Waals surface area contributed by atoms with E-state index in [0.29, 0.717) is 40.8 Å². The lowest BCUT2D eigenvalue weighted by molar-refractivity contribution is 0.108. The summed E-state index contributed by atoms with van der Waals surface area (Å²) in [6.45, 7) is 5.40. The minimum atomic E-state index is -0.682. The van der Waals surface area contributed by atoms with E-state index in [2.05, 4.69) is 19.8 Å². The molecule has 2 aromatic carbocycles. The molecule has 2 aromatic heterocycles. The molecule has 4 aromatic rings. The first-order chi connectivity index (χ1) is 20.4. The lowest BCUT2D eigenvalue weighted by Gasteiger charge is -2.35. The maximum Gasteiger partial charge on any atom is 0.319 e. The average Bonchev–Trinajstić information content (AvgIpc) is 3.53. The molecule has 42 heavy (non-hydrogen) atoms. The van der Waals surface area contributed by atoms with Crippen molar-refractivity contribution in [1.82, 2.24) is 19.9 Å². The number of phenols is 1. The van der Waals surface area contributed by atoms with Crippen LogP contribution in [0, 0.1) is 18.6 Å². The molecule has 3 fully saturated rings. The minimum Gasteiger partial charge on any atom is -0.508 e. The number of aryl methyl sites for hydroxylation is 1. The van der Waals surface area contributed by atoms with Crippen molar-refractivity contribution >= 4 is 27.5 Å². The highest BCUT2D eigenvalue weighted by atomic mass is 19.1. The zero-order valence-corrected chi connectivity index (χ0v) is 23.6. The number of hydrogen-bond acceptors (Lipinski definition) is 8. The molecule has 0 amide bonds. The third kappa shape index (κ3) is 3.91. The van der Waals surface area contributed by atoms with Gasteiger partial charge in [0.15, 0.2) is 5.82 Å². The highest BCUT2D eigenvalue weighted by Crippen LogP contribution is 2.44. The second kappa shape index (κ2) is 9.62. The van der Waals surface area contributed by atoms with Crippen LogP contribution >= 0.6 is 0 Å². The van der Waals surface area contributed by atoms with Crippen molar-refractivity contribution < 1.29 is 23.4 Å². The fourth-order valence-electron chi connectivity index (χ4n) is 7.74. The summed E-state index contributed by atoms with van der Waals surface area (Å²) < 4.78 is 44.1. The molecule has 8 rings (SSSR count). The maximum atomic E-state index is 16.8. The summed E-state index contributed by atoms with van der Waals surface area (Å²) in [6, 6.07) is 6.09. The third-order valence-corrected chi connectivity index (χ3v) is 9.86. The van der Waals surface area contributed by atoms with E-state index in [1.54, 1.807) is 13.0 Å². The number of pyridine rings is 1. The molecule has 0 aliphatic carbocycles. The number of nitrogens with zero attached hydrogens (tertiary/aromatic N) is 5. The number of anilines is 1. The molecule has 218 valence electrons. The van der Waals surface area contributed by atoms with E-state index in [1.807, 2.05) is 0 Å². The fourth-order valence-corrected chi connectivity index (χ4v) is 7.74. The van der Waals surface area contributed by atoms with Gasteiger partial charge in [-0.1, -0.05) is 6.07 Å². The van der Waals surface area contributed by atoms with Crippen molar-refractivity contribution in [3.05, 3.63) is 41.5 Å². The van der Waals surface area contributed by atoms with Crippen molar-refractivity contribution in [3.63, 3.8) is 0 Å². The smallest absolute Gasteiger partial charge is 0.319 e. The Hall–Kier alpha value is -3.79. The summed E-state index contributed by atoms with van der Waals surface area (Å²) in [6.07, 6.45) is 7.43. The van der Waals surface area contributed by atoms with Crippen LogP contribution < -0.4 is 14.4 Å². The van der Waals surface area contributed by atoms with Crippen molar-refractivity contribution in [2.75, 3.05) is 37.7 Å². The van der Waals surface area contributed by atoms with Gasteiger partial charge in [0, 0.05) is 12.1 Å². The predicted molar refractivity (Wildman–Crippen MR) is 155 cm³/mol. The molecule has 0 saturated carbocycles. The number of aromatic hydroxyl groups is 1. The summed E-state index contributed by atoms with van der Waals surface area (Å²) in [4.78, 5) is 18.9. The molecule has 0 spiro atoms. The Morgan fingerprint density at radius 1 is 1.02 bits per heavy atom. The van der Waals surface area contributed by atoms with Crippen LogP contribution in [0.3, 0.4) is 0 Å². The molecule has 1 unspecified atom stereocenters. The molecule has 1 N–H and O–H groups in total. The Labute approximate surface area is 242 Å². The number of rotatable bonds is 4. The molecule has 10 heteroatoms. The number of piperidine rings is 1. The summed E-state index contributed by atoms with van der Waals surface area (Å²) in [5, 5.41) is 12.0. The third-order valence-electron chi connectivity index (χ3n) is 9.86. The molecular weight excluding hydrogens is 540 g/mol. The summed E-state index contributed by atoms with van der Waals surface area (Å²) in [5.41, 5.74) is 0.602. The quantitative estimate of drug-likeness (QED) is 0.323. The Morgan fingerprint density at radius 3 is 2.69 bits per heavy atom. The second-order valence-corrected chi connectivity index (χ2v) is 12.3. The van der Waals surface area contributed by atoms with Crippen LogP contribution in [-0.4, -0.2) is 69.4 Å². The topological polar surface area (TPSA) is 83.8 Å². The largest absolute Gasteiger partial charge is 0.508 e. The number of phenolic OH excluding ortho intramolecular Hbond substituents is 1. The van der Waals surface area contributed by atoms with Crippen LogP contribution in [0.1, 0.15) is 50.5 Å². The van der Waals surface area contributed by atoms with E-state index in [-0.39, 0.29) is 46.0 Å². The van der Waals surface area contributed by atoms with Gasteiger partial charge in [-0.25, -0.2) is 13.8 Å². The van der Waals surface area contributed by atoms with Crippen LogP contribution in [0.4, 0.5) is 14.6 Å². The summed E-state index contributed by atoms with van der Waals surface area (Å²) in [5.74, 6) is -0.356. The number of aromatic nitrogens is 3. The Bertz CT molecular complexity index is 1740. The van der Waals surface area contributed by atoms with E-state index in [1.165, 1.54) is 18.2 Å². The first kappa shape index (κ1) is 25.9. The van der Waals surface area contributed by atoms with Gasteiger partial charge in [-0.05, 0) is 99.5 Å². The van der Waals surface area contributed by atoms with Gasteiger partial charge >= 0.3 is 6.01 Å². The zero-order chi connectivity index (χ0) is 28.6. The summed E-state index contributed by atoms with van der Waals surface area (Å²) in [7, 11) is 0. The number of hydrogen-bond donors (Lipinski definition) is 1. The number of halogens is 2. The molecule has 4 aliphatic rings. The average molecular weight is 574 g/mol. The summed E-state index contributed by atoms with van der Waals surface area (Å²) >= 11 is 0. The van der Waals surface area contributed by atoms with Crippen LogP contribution in [-0.2, 0) is 0 Å². The van der Waals surface area contributed by atoms with E-state index in [9.17, 15) is 9.50 Å². The van der Waals surface area contributed by atoms with Crippen LogP contribution in [0.5, 0.6) is 17.6 Å². The molecule has 0 bridgehead atoms. The second-order valence-electron chi connectivity index (χ2n) is 12.3. The molecule has 6 heterocycles. The van der Waals surface area contributed by atoms with Gasteiger partial charge in [-0.3, -0.25) is 4.90 Å². The van der Waals surface area contributed by atoms with Gasteiger partial charge < -0.3 is 19.5 Å². The normalized spacial score (nSPS) is 21.3. The monoisotopic (exact) mass is 573 g/mol. The predicted octanol–water partition coefficient (Wildman–Crippen LogP) is 5.90. The zero-order valence-electron chi connectivity index (χ0n) is 23.6. The SMILES string of the molecule is Cc1c(F)ccc2cc(O)cc(-c3nc4c5c(nc(OCC67CCCN6CCC7)nc5c3F)N3CCCCC3CO4)c12. The first-order valence-electron chi connectivity index (χ1n) is 15.0. The lowest BCUT2D eigenvalue weighted by Crippen LogP contribution is -2.44. The minimum absolute atomic E-state index is 0.0155. The maximum absolute atomic E-state index is 16.8. The van der Waals surface area contributed by atoms with Gasteiger partial charge in [0.05, 0.1) is 11.6 Å². The van der Waals surface area contributed by atoms with Crippen molar-refractivity contribution in [2.24, 2.45) is 0 Å². The Morgan fingerprint density at radius 2 is 1.86 bits per heavy atom. The van der Waals surface area contributed by atoms with Crippen LogP contribution in [0.15, 0.2) is 24.3 Å². The molecule has 4 aliphatic heterocycles. The Balaban J connectivity index is 1.33. The molecular formula is C32H33F2N5O3. The number of benzene rings is 2. The van der Waals surface area contributed by atoms with E-state index in [0.717, 1.165) is 64.6 Å². The van der Waals surface area contributed by atoms with E-state index >= 15 is 4.39 Å². The molecule has 3 saturated heterocycles. The fraction of sp³-hybridized carbons (Fsp3) is 0.469. The lowest BCUT2D eigenvalue weighted by atomic mass is 9.95. The van der Waals surface area contributed by atoms with Crippen molar-refractivity contribution in [2.45, 2.75) is 63.5 Å². The number of fused-ring (bicyclic) bond motifs is 4. The molecule has 0 radical (unpaired) electrons. The van der Waals surface area contributed by atoms with Gasteiger partial charge in [0.2, 0.25) is 5.88 Å². The highest BCUT2D eigenvalue weighted by molar-refractivity contribution is 6.03. The van der Waals surface area contributed by atoms with Gasteiger partial charge in [-0.15, -0.1) is 0 Å². The van der Waals surface area contributed by atoms with E-state index < -0.39 is 11.6 Å². The van der Waals surface area contributed by atoms with E-state index in [4.69, 9.17) is 14.5 Å². The highest BCUT2D eigenvalue weighted by Gasteiger charge is 2.45. The Kier molecular flexibility index (Phi) is 5.93. The van der Waals surface area contributed by atoms with Gasteiger partial charge in [0.25, 0.3) is 0 Å². The first-order valence-corrected chi connectivity index (χ1v) is 15.0. The standard InChI is InChI=1S/C32H33F2N5O3/c1-18-23(33)8-7-19-14-21(40)15-22(24(18)19)27-26(34)28-25-29(39-13-3-2-6-20(39)16-41-30(25)35-27)37-31(36-28)42-17-32-9-4-11-38(32)12-5-10-32/h7-8,14-15,20,40H,2-6,9-13,16-17H2,1H3. The molecule has 8 nitrogen and oxygen atoms in total. The molecule has 1 atom stereocenters. The van der Waals surface area contributed by atoms with Crippen molar-refractivity contribution in [3.8, 4) is 28.9 Å². The van der Waals surface area contributed by atoms with Gasteiger partial charge in [-0.2, -0.15) is 9.97 Å².